The van der Waals surface area contributed by atoms with E-state index in [0.29, 0.717) is 18.5 Å². The molecule has 0 aliphatic rings. The Morgan fingerprint density at radius 3 is 2.39 bits per heavy atom. The lowest BCUT2D eigenvalue weighted by Crippen LogP contribution is -2.34. The fourth-order valence-electron chi connectivity index (χ4n) is 1.68. The van der Waals surface area contributed by atoms with E-state index < -0.39 is 0 Å². The van der Waals surface area contributed by atoms with E-state index in [9.17, 15) is 4.79 Å². The van der Waals surface area contributed by atoms with Crippen molar-refractivity contribution in [3.05, 3.63) is 30.3 Å². The topological polar surface area (TPSA) is 41.1 Å². The van der Waals surface area contributed by atoms with Crippen molar-refractivity contribution in [2.75, 3.05) is 11.9 Å². The van der Waals surface area contributed by atoms with Crippen molar-refractivity contribution in [1.29, 1.82) is 0 Å². The SMILES string of the molecule is CC(C)CC[C@@H](C)NCC(=O)Nc1ccccc1. The molecule has 1 rings (SSSR count). The second-order valence-electron chi connectivity index (χ2n) is 5.17. The molecule has 0 aromatic heterocycles. The normalized spacial score (nSPS) is 12.4. The third kappa shape index (κ3) is 6.40. The highest BCUT2D eigenvalue weighted by Crippen LogP contribution is 2.06. The first-order valence-electron chi connectivity index (χ1n) is 6.66. The van der Waals surface area contributed by atoms with E-state index in [2.05, 4.69) is 31.4 Å². The molecule has 0 bridgehead atoms. The Hall–Kier alpha value is -1.35. The average Bonchev–Trinajstić information content (AvgIpc) is 2.35. The van der Waals surface area contributed by atoms with Crippen molar-refractivity contribution < 1.29 is 4.79 Å². The number of rotatable bonds is 7. The smallest absolute Gasteiger partial charge is 0.238 e. The van der Waals surface area contributed by atoms with E-state index in [0.717, 1.165) is 12.1 Å². The second-order valence-corrected chi connectivity index (χ2v) is 5.17. The van der Waals surface area contributed by atoms with Gasteiger partial charge in [0.25, 0.3) is 0 Å². The van der Waals surface area contributed by atoms with Crippen LogP contribution in [0.2, 0.25) is 0 Å². The number of amides is 1. The van der Waals surface area contributed by atoms with E-state index in [4.69, 9.17) is 0 Å². The number of anilines is 1. The lowest BCUT2D eigenvalue weighted by molar-refractivity contribution is -0.115. The highest BCUT2D eigenvalue weighted by Gasteiger charge is 2.06. The van der Waals surface area contributed by atoms with Gasteiger partial charge in [0.15, 0.2) is 0 Å². The molecule has 0 saturated carbocycles. The van der Waals surface area contributed by atoms with Crippen molar-refractivity contribution in [2.24, 2.45) is 5.92 Å². The van der Waals surface area contributed by atoms with Gasteiger partial charge in [0.05, 0.1) is 6.54 Å². The van der Waals surface area contributed by atoms with E-state index >= 15 is 0 Å². The van der Waals surface area contributed by atoms with Crippen molar-refractivity contribution in [3.8, 4) is 0 Å². The van der Waals surface area contributed by atoms with Gasteiger partial charge in [0.2, 0.25) is 5.91 Å². The Labute approximate surface area is 110 Å². The van der Waals surface area contributed by atoms with Crippen LogP contribution in [0.5, 0.6) is 0 Å². The lowest BCUT2D eigenvalue weighted by Gasteiger charge is -2.14. The number of nitrogens with one attached hydrogen (secondary N) is 2. The van der Waals surface area contributed by atoms with Crippen LogP contribution >= 0.6 is 0 Å². The summed E-state index contributed by atoms with van der Waals surface area (Å²) in [4.78, 5) is 11.7. The molecular weight excluding hydrogens is 224 g/mol. The van der Waals surface area contributed by atoms with Crippen molar-refractivity contribution >= 4 is 11.6 Å². The van der Waals surface area contributed by atoms with E-state index in [1.54, 1.807) is 0 Å². The van der Waals surface area contributed by atoms with Gasteiger partial charge in [-0.15, -0.1) is 0 Å². The Kier molecular flexibility index (Phi) is 6.44. The average molecular weight is 248 g/mol. The number of carbonyl (C=O) groups excluding carboxylic acids is 1. The minimum absolute atomic E-state index is 0.0117. The summed E-state index contributed by atoms with van der Waals surface area (Å²) in [5.74, 6) is 0.727. The Morgan fingerprint density at radius 2 is 1.78 bits per heavy atom. The maximum atomic E-state index is 11.7. The molecule has 0 spiro atoms. The monoisotopic (exact) mass is 248 g/mol. The first kappa shape index (κ1) is 14.7. The molecule has 0 unspecified atom stereocenters. The fourth-order valence-corrected chi connectivity index (χ4v) is 1.68. The molecule has 18 heavy (non-hydrogen) atoms. The summed E-state index contributed by atoms with van der Waals surface area (Å²) in [6.45, 7) is 6.93. The molecule has 1 atom stereocenters. The summed E-state index contributed by atoms with van der Waals surface area (Å²) in [7, 11) is 0. The highest BCUT2D eigenvalue weighted by atomic mass is 16.1. The molecule has 2 N–H and O–H groups in total. The molecule has 3 nitrogen and oxygen atoms in total. The van der Waals surface area contributed by atoms with Crippen molar-refractivity contribution in [2.45, 2.75) is 39.7 Å². The zero-order valence-corrected chi connectivity index (χ0v) is 11.6. The molecule has 1 amide bonds. The van der Waals surface area contributed by atoms with Crippen LogP contribution in [0.4, 0.5) is 5.69 Å². The summed E-state index contributed by atoms with van der Waals surface area (Å²) < 4.78 is 0. The summed E-state index contributed by atoms with van der Waals surface area (Å²) >= 11 is 0. The molecule has 1 aromatic rings. The fraction of sp³-hybridized carbons (Fsp3) is 0.533. The predicted octanol–water partition coefficient (Wildman–Crippen LogP) is 3.04. The van der Waals surface area contributed by atoms with Gasteiger partial charge in [0, 0.05) is 11.7 Å². The van der Waals surface area contributed by atoms with Crippen LogP contribution < -0.4 is 10.6 Å². The second kappa shape index (κ2) is 7.88. The zero-order chi connectivity index (χ0) is 13.4. The van der Waals surface area contributed by atoms with Gasteiger partial charge < -0.3 is 10.6 Å². The van der Waals surface area contributed by atoms with Crippen LogP contribution in [0.1, 0.15) is 33.6 Å². The van der Waals surface area contributed by atoms with Gasteiger partial charge in [-0.1, -0.05) is 32.0 Å². The largest absolute Gasteiger partial charge is 0.325 e. The number of benzene rings is 1. The summed E-state index contributed by atoms with van der Waals surface area (Å²) in [5, 5.41) is 6.11. The summed E-state index contributed by atoms with van der Waals surface area (Å²) in [6, 6.07) is 9.92. The molecule has 0 aliphatic carbocycles. The molecule has 0 saturated heterocycles. The molecule has 100 valence electrons. The van der Waals surface area contributed by atoms with Crippen LogP contribution in [0.15, 0.2) is 30.3 Å². The van der Waals surface area contributed by atoms with Crippen LogP contribution in [-0.2, 0) is 4.79 Å². The molecule has 1 aromatic carbocycles. The third-order valence-electron chi connectivity index (χ3n) is 2.85. The van der Waals surface area contributed by atoms with E-state index in [-0.39, 0.29) is 5.91 Å². The van der Waals surface area contributed by atoms with Gasteiger partial charge >= 0.3 is 0 Å². The first-order valence-corrected chi connectivity index (χ1v) is 6.66. The zero-order valence-electron chi connectivity index (χ0n) is 11.6. The lowest BCUT2D eigenvalue weighted by atomic mass is 10.0. The first-order chi connectivity index (χ1) is 8.58. The molecule has 0 heterocycles. The quantitative estimate of drug-likeness (QED) is 0.778. The van der Waals surface area contributed by atoms with Gasteiger partial charge in [-0.25, -0.2) is 0 Å². The van der Waals surface area contributed by atoms with E-state index in [1.165, 1.54) is 6.42 Å². The highest BCUT2D eigenvalue weighted by molar-refractivity contribution is 5.92. The summed E-state index contributed by atoms with van der Waals surface area (Å²) in [6.07, 6.45) is 2.30. The van der Waals surface area contributed by atoms with Gasteiger partial charge in [-0.3, -0.25) is 4.79 Å². The molecule has 0 aliphatic heterocycles. The van der Waals surface area contributed by atoms with E-state index in [1.807, 2.05) is 30.3 Å². The number of hydrogen-bond donors (Lipinski definition) is 2. The Morgan fingerprint density at radius 1 is 1.11 bits per heavy atom. The van der Waals surface area contributed by atoms with Gasteiger partial charge in [-0.05, 0) is 37.8 Å². The van der Waals surface area contributed by atoms with Crippen LogP contribution in [-0.4, -0.2) is 18.5 Å². The van der Waals surface area contributed by atoms with Crippen LogP contribution in [0, 0.1) is 5.92 Å². The standard InChI is InChI=1S/C15H24N2O/c1-12(2)9-10-13(3)16-11-15(18)17-14-7-5-4-6-8-14/h4-8,12-13,16H,9-11H2,1-3H3,(H,17,18)/t13-/m1/s1. The molecular formula is C15H24N2O. The van der Waals surface area contributed by atoms with Crippen molar-refractivity contribution in [1.82, 2.24) is 5.32 Å². The van der Waals surface area contributed by atoms with Crippen LogP contribution in [0.3, 0.4) is 0 Å². The summed E-state index contributed by atoms with van der Waals surface area (Å²) in [5.41, 5.74) is 0.846. The maximum Gasteiger partial charge on any atom is 0.238 e. The van der Waals surface area contributed by atoms with Crippen LogP contribution in [0.25, 0.3) is 0 Å². The van der Waals surface area contributed by atoms with Gasteiger partial charge in [-0.2, -0.15) is 0 Å². The minimum atomic E-state index is 0.0117. The van der Waals surface area contributed by atoms with Gasteiger partial charge in [0.1, 0.15) is 0 Å². The Bertz CT molecular complexity index is 349. The maximum absolute atomic E-state index is 11.7. The number of hydrogen-bond acceptors (Lipinski definition) is 2. The minimum Gasteiger partial charge on any atom is -0.325 e. The van der Waals surface area contributed by atoms with Crippen molar-refractivity contribution in [3.63, 3.8) is 0 Å². The number of carbonyl (C=O) groups is 1. The molecule has 3 heteroatoms. The molecule has 0 radical (unpaired) electrons. The predicted molar refractivity (Wildman–Crippen MR) is 76.6 cm³/mol. The number of para-hydroxylation sites is 1. The Balaban J connectivity index is 2.21. The molecule has 0 fully saturated rings. The third-order valence-corrected chi connectivity index (χ3v) is 2.85.